The first kappa shape index (κ1) is 14.9. The molecule has 23 heavy (non-hydrogen) atoms. The molecular weight excluding hydrogens is 308 g/mol. The maximum Gasteiger partial charge on any atom is 0.231 e. The van der Waals surface area contributed by atoms with Crippen LogP contribution in [-0.4, -0.2) is 40.2 Å². The standard InChI is InChI=1S/C17H22N4OS/c1-12-3-4-15(23-12)10-20-8-13-5-6-21(17(22)16(13)11-20)14-7-18-19(2)9-14/h3-4,7,9,13,16H,5-6,8,10-11H2,1-2H3. The molecule has 1 amide bonds. The van der Waals surface area contributed by atoms with Gasteiger partial charge in [0.15, 0.2) is 0 Å². The summed E-state index contributed by atoms with van der Waals surface area (Å²) in [6.45, 7) is 5.88. The van der Waals surface area contributed by atoms with Gasteiger partial charge in [0.05, 0.1) is 17.8 Å². The van der Waals surface area contributed by atoms with Crippen molar-refractivity contribution in [2.75, 3.05) is 24.5 Å². The molecule has 2 aliphatic rings. The van der Waals surface area contributed by atoms with Crippen LogP contribution in [0.25, 0.3) is 0 Å². The molecule has 0 aliphatic carbocycles. The molecule has 2 aliphatic heterocycles. The quantitative estimate of drug-likeness (QED) is 0.867. The van der Waals surface area contributed by atoms with E-state index >= 15 is 0 Å². The van der Waals surface area contributed by atoms with Crippen LogP contribution in [0.4, 0.5) is 5.69 Å². The van der Waals surface area contributed by atoms with Gasteiger partial charge in [-0.2, -0.15) is 5.10 Å². The minimum Gasteiger partial charge on any atom is -0.309 e. The van der Waals surface area contributed by atoms with Crippen LogP contribution in [0.15, 0.2) is 24.5 Å². The van der Waals surface area contributed by atoms with Crippen molar-refractivity contribution in [3.63, 3.8) is 0 Å². The number of carbonyl (C=O) groups excluding carboxylic acids is 1. The summed E-state index contributed by atoms with van der Waals surface area (Å²) in [6, 6.07) is 4.39. The molecule has 2 saturated heterocycles. The largest absolute Gasteiger partial charge is 0.309 e. The lowest BCUT2D eigenvalue weighted by molar-refractivity contribution is -0.124. The number of hydrogen-bond donors (Lipinski definition) is 0. The number of amides is 1. The van der Waals surface area contributed by atoms with Crippen molar-refractivity contribution in [2.45, 2.75) is 19.9 Å². The Balaban J connectivity index is 1.46. The minimum atomic E-state index is 0.144. The number of fused-ring (bicyclic) bond motifs is 1. The summed E-state index contributed by atoms with van der Waals surface area (Å²) in [5, 5.41) is 4.20. The maximum atomic E-state index is 12.9. The highest BCUT2D eigenvalue weighted by atomic mass is 32.1. The zero-order chi connectivity index (χ0) is 16.0. The monoisotopic (exact) mass is 330 g/mol. The molecule has 0 N–H and O–H groups in total. The molecule has 2 aromatic rings. The number of carbonyl (C=O) groups is 1. The fourth-order valence-electron chi connectivity index (χ4n) is 3.86. The van der Waals surface area contributed by atoms with Crippen molar-refractivity contribution in [3.05, 3.63) is 34.3 Å². The first-order chi connectivity index (χ1) is 11.1. The van der Waals surface area contributed by atoms with Gasteiger partial charge in [-0.25, -0.2) is 0 Å². The van der Waals surface area contributed by atoms with E-state index in [9.17, 15) is 4.79 Å². The van der Waals surface area contributed by atoms with Crippen molar-refractivity contribution >= 4 is 22.9 Å². The lowest BCUT2D eigenvalue weighted by Crippen LogP contribution is -2.45. The second-order valence-electron chi connectivity index (χ2n) is 6.72. The van der Waals surface area contributed by atoms with Gasteiger partial charge in [0, 0.05) is 49.2 Å². The molecule has 2 aromatic heterocycles. The lowest BCUT2D eigenvalue weighted by Gasteiger charge is -2.32. The van der Waals surface area contributed by atoms with Crippen molar-refractivity contribution in [1.29, 1.82) is 0 Å². The highest BCUT2D eigenvalue weighted by molar-refractivity contribution is 7.11. The summed E-state index contributed by atoms with van der Waals surface area (Å²) < 4.78 is 1.76. The average Bonchev–Trinajstić information content (AvgIpc) is 3.21. The molecule has 2 unspecified atom stereocenters. The molecule has 5 nitrogen and oxygen atoms in total. The molecule has 0 aromatic carbocycles. The molecular formula is C17H22N4OS. The third kappa shape index (κ3) is 2.81. The van der Waals surface area contributed by atoms with Crippen LogP contribution in [0.1, 0.15) is 16.2 Å². The molecule has 4 heterocycles. The Hall–Kier alpha value is -1.66. The normalized spacial score (nSPS) is 25.1. The van der Waals surface area contributed by atoms with Gasteiger partial charge in [-0.1, -0.05) is 0 Å². The van der Waals surface area contributed by atoms with Crippen molar-refractivity contribution in [3.8, 4) is 0 Å². The van der Waals surface area contributed by atoms with Gasteiger partial charge in [0.25, 0.3) is 0 Å². The lowest BCUT2D eigenvalue weighted by atomic mass is 9.88. The van der Waals surface area contributed by atoms with Crippen LogP contribution in [0, 0.1) is 18.8 Å². The summed E-state index contributed by atoms with van der Waals surface area (Å²) in [5.74, 6) is 0.931. The van der Waals surface area contributed by atoms with Crippen LogP contribution >= 0.6 is 11.3 Å². The van der Waals surface area contributed by atoms with Crippen molar-refractivity contribution in [1.82, 2.24) is 14.7 Å². The van der Waals surface area contributed by atoms with Crippen LogP contribution in [0.5, 0.6) is 0 Å². The molecule has 4 rings (SSSR count). The molecule has 122 valence electrons. The Labute approximate surface area is 140 Å². The molecule has 2 fully saturated rings. The van der Waals surface area contributed by atoms with Gasteiger partial charge in [-0.15, -0.1) is 11.3 Å². The van der Waals surface area contributed by atoms with Gasteiger partial charge in [-0.05, 0) is 31.4 Å². The second-order valence-corrected chi connectivity index (χ2v) is 8.10. The number of aryl methyl sites for hydroxylation is 2. The Bertz CT molecular complexity index is 722. The first-order valence-corrected chi connectivity index (χ1v) is 8.99. The predicted octanol–water partition coefficient (Wildman–Crippen LogP) is 2.27. The predicted molar refractivity (Wildman–Crippen MR) is 91.5 cm³/mol. The van der Waals surface area contributed by atoms with Crippen molar-refractivity contribution < 1.29 is 4.79 Å². The van der Waals surface area contributed by atoms with Gasteiger partial charge in [-0.3, -0.25) is 14.4 Å². The van der Waals surface area contributed by atoms with Gasteiger partial charge in [0.2, 0.25) is 5.91 Å². The zero-order valence-corrected chi connectivity index (χ0v) is 14.4. The Kier molecular flexibility index (Phi) is 3.73. The molecule has 0 saturated carbocycles. The summed E-state index contributed by atoms with van der Waals surface area (Å²) in [5.41, 5.74) is 0.934. The third-order valence-electron chi connectivity index (χ3n) is 5.00. The van der Waals surface area contributed by atoms with E-state index < -0.39 is 0 Å². The Morgan fingerprint density at radius 1 is 1.35 bits per heavy atom. The van der Waals surface area contributed by atoms with Gasteiger partial charge in [0.1, 0.15) is 0 Å². The Morgan fingerprint density at radius 2 is 2.22 bits per heavy atom. The smallest absolute Gasteiger partial charge is 0.231 e. The number of likely N-dealkylation sites (tertiary alicyclic amines) is 1. The van der Waals surface area contributed by atoms with E-state index in [0.29, 0.717) is 5.92 Å². The second kappa shape index (κ2) is 5.76. The summed E-state index contributed by atoms with van der Waals surface area (Å²) in [6.07, 6.45) is 4.81. The first-order valence-electron chi connectivity index (χ1n) is 8.18. The maximum absolute atomic E-state index is 12.9. The van der Waals surface area contributed by atoms with E-state index in [4.69, 9.17) is 0 Å². The molecule has 0 radical (unpaired) electrons. The number of hydrogen-bond acceptors (Lipinski definition) is 4. The number of rotatable bonds is 3. The van der Waals surface area contributed by atoms with Crippen molar-refractivity contribution in [2.24, 2.45) is 18.9 Å². The minimum absolute atomic E-state index is 0.144. The number of anilines is 1. The Morgan fingerprint density at radius 3 is 2.91 bits per heavy atom. The fraction of sp³-hybridized carbons (Fsp3) is 0.529. The molecule has 0 bridgehead atoms. The summed E-state index contributed by atoms with van der Waals surface area (Å²) in [4.78, 5) is 20.0. The van der Waals surface area contributed by atoms with Crippen LogP contribution < -0.4 is 4.90 Å². The fourth-order valence-corrected chi connectivity index (χ4v) is 4.79. The van der Waals surface area contributed by atoms with Crippen LogP contribution in [0.3, 0.4) is 0 Å². The van der Waals surface area contributed by atoms with Gasteiger partial charge >= 0.3 is 0 Å². The van der Waals surface area contributed by atoms with Crippen LogP contribution in [0.2, 0.25) is 0 Å². The number of thiophene rings is 1. The summed E-state index contributed by atoms with van der Waals surface area (Å²) in [7, 11) is 1.89. The third-order valence-corrected chi connectivity index (χ3v) is 5.99. The van der Waals surface area contributed by atoms with Gasteiger partial charge < -0.3 is 4.90 Å². The molecule has 6 heteroatoms. The number of piperidine rings is 1. The summed E-state index contributed by atoms with van der Waals surface area (Å²) >= 11 is 1.86. The van der Waals surface area contributed by atoms with Crippen LogP contribution in [-0.2, 0) is 18.4 Å². The SMILES string of the molecule is Cc1ccc(CN2CC3CCN(c4cnn(C)c4)C(=O)C3C2)s1. The number of nitrogens with zero attached hydrogens (tertiary/aromatic N) is 4. The average molecular weight is 330 g/mol. The van der Waals surface area contributed by atoms with E-state index in [1.54, 1.807) is 10.9 Å². The topological polar surface area (TPSA) is 41.4 Å². The van der Waals surface area contributed by atoms with E-state index in [-0.39, 0.29) is 11.8 Å². The highest BCUT2D eigenvalue weighted by Crippen LogP contribution is 2.35. The van der Waals surface area contributed by atoms with E-state index in [0.717, 1.165) is 38.3 Å². The van der Waals surface area contributed by atoms with E-state index in [2.05, 4.69) is 29.1 Å². The zero-order valence-electron chi connectivity index (χ0n) is 13.6. The van der Waals surface area contributed by atoms with E-state index in [1.807, 2.05) is 29.5 Å². The van der Waals surface area contributed by atoms with E-state index in [1.165, 1.54) is 9.75 Å². The highest BCUT2D eigenvalue weighted by Gasteiger charge is 2.43. The number of aromatic nitrogens is 2. The molecule has 0 spiro atoms. The molecule has 2 atom stereocenters.